The highest BCUT2D eigenvalue weighted by Gasteiger charge is 2.51. The minimum Gasteiger partial charge on any atom is -0.466 e. The number of rotatable bonds is 5. The molecule has 7 nitrogen and oxygen atoms in total. The lowest BCUT2D eigenvalue weighted by atomic mass is 9.99. The van der Waals surface area contributed by atoms with E-state index >= 15 is 0 Å². The second-order valence-electron chi connectivity index (χ2n) is 6.02. The number of carbonyl (C=O) groups is 3. The van der Waals surface area contributed by atoms with Crippen LogP contribution in [0.2, 0.25) is 0 Å². The molecule has 22 heavy (non-hydrogen) atoms. The fraction of sp³-hybridized carbons (Fsp3) is 0.533. The van der Waals surface area contributed by atoms with Gasteiger partial charge in [0.25, 0.3) is 5.91 Å². The van der Waals surface area contributed by atoms with Gasteiger partial charge in [0.2, 0.25) is 5.91 Å². The van der Waals surface area contributed by atoms with Crippen molar-refractivity contribution < 1.29 is 18.8 Å². The Hall–Kier alpha value is -2.31. The van der Waals surface area contributed by atoms with E-state index in [0.29, 0.717) is 5.76 Å². The Morgan fingerprint density at radius 2 is 2.09 bits per heavy atom. The third kappa shape index (κ3) is 2.84. The molecule has 1 aromatic rings. The number of hydrogen-bond donors (Lipinski definition) is 2. The lowest BCUT2D eigenvalue weighted by molar-refractivity contribution is -0.135. The monoisotopic (exact) mass is 307 g/mol. The van der Waals surface area contributed by atoms with Gasteiger partial charge >= 0.3 is 6.03 Å². The number of carbonyl (C=O) groups excluding carboxylic acids is 3. The molecule has 2 atom stereocenters. The average molecular weight is 307 g/mol. The molecule has 120 valence electrons. The van der Waals surface area contributed by atoms with E-state index < -0.39 is 17.5 Å². The molecule has 0 aliphatic carbocycles. The molecule has 0 spiro atoms. The molecule has 2 rings (SSSR count). The zero-order valence-electron chi connectivity index (χ0n) is 13.2. The number of furan rings is 1. The Morgan fingerprint density at radius 1 is 1.41 bits per heavy atom. The van der Waals surface area contributed by atoms with E-state index in [1.54, 1.807) is 19.1 Å². The molecule has 0 aromatic carbocycles. The predicted octanol–water partition coefficient (Wildman–Crippen LogP) is 1.21. The summed E-state index contributed by atoms with van der Waals surface area (Å²) >= 11 is 0. The molecule has 7 heteroatoms. The first-order valence-corrected chi connectivity index (χ1v) is 7.23. The maximum Gasteiger partial charge on any atom is 0.325 e. The van der Waals surface area contributed by atoms with Gasteiger partial charge in [-0.2, -0.15) is 0 Å². The standard InChI is InChI=1S/C15H21N3O4/c1-9(2)10(3)16-12(19)8-18-13(20)15(4,17-14(18)21)11-6-5-7-22-11/h5-7,9-10H,8H2,1-4H3,(H,16,19)(H,17,21)/t10-,15+/m0/s1. The molecule has 2 N–H and O–H groups in total. The van der Waals surface area contributed by atoms with Crippen molar-refractivity contribution in [3.8, 4) is 0 Å². The van der Waals surface area contributed by atoms with Crippen LogP contribution in [0.3, 0.4) is 0 Å². The summed E-state index contributed by atoms with van der Waals surface area (Å²) in [5.74, 6) is -0.266. The van der Waals surface area contributed by atoms with Crippen LogP contribution in [0.1, 0.15) is 33.5 Å². The molecule has 4 amide bonds. The minimum atomic E-state index is -1.27. The fourth-order valence-corrected chi connectivity index (χ4v) is 2.18. The largest absolute Gasteiger partial charge is 0.466 e. The molecule has 1 aromatic heterocycles. The van der Waals surface area contributed by atoms with Gasteiger partial charge in [0, 0.05) is 6.04 Å². The normalized spacial score (nSPS) is 22.9. The molecule has 0 saturated carbocycles. The van der Waals surface area contributed by atoms with Crippen molar-refractivity contribution in [3.05, 3.63) is 24.2 Å². The smallest absolute Gasteiger partial charge is 0.325 e. The number of amides is 4. The predicted molar refractivity (Wildman–Crippen MR) is 78.7 cm³/mol. The molecule has 1 fully saturated rings. The van der Waals surface area contributed by atoms with Crippen molar-refractivity contribution in [1.82, 2.24) is 15.5 Å². The molecule has 1 aliphatic heterocycles. The number of imide groups is 1. The quantitative estimate of drug-likeness (QED) is 0.800. The van der Waals surface area contributed by atoms with Gasteiger partial charge in [-0.05, 0) is 31.9 Å². The van der Waals surface area contributed by atoms with Crippen molar-refractivity contribution in [1.29, 1.82) is 0 Å². The Bertz CT molecular complexity index is 582. The van der Waals surface area contributed by atoms with Crippen LogP contribution in [0.4, 0.5) is 4.79 Å². The second kappa shape index (κ2) is 5.82. The van der Waals surface area contributed by atoms with E-state index in [0.717, 1.165) is 4.90 Å². The van der Waals surface area contributed by atoms with Crippen molar-refractivity contribution in [2.75, 3.05) is 6.54 Å². The third-order valence-corrected chi connectivity index (χ3v) is 3.98. The van der Waals surface area contributed by atoms with E-state index in [1.807, 2.05) is 20.8 Å². The number of nitrogens with one attached hydrogen (secondary N) is 2. The summed E-state index contributed by atoms with van der Waals surface area (Å²) in [5.41, 5.74) is -1.27. The van der Waals surface area contributed by atoms with Gasteiger partial charge in [-0.15, -0.1) is 0 Å². The van der Waals surface area contributed by atoms with E-state index in [2.05, 4.69) is 10.6 Å². The van der Waals surface area contributed by atoms with E-state index in [9.17, 15) is 14.4 Å². The van der Waals surface area contributed by atoms with Crippen molar-refractivity contribution in [3.63, 3.8) is 0 Å². The molecule has 0 bridgehead atoms. The van der Waals surface area contributed by atoms with E-state index in [-0.39, 0.29) is 24.4 Å². The van der Waals surface area contributed by atoms with Crippen LogP contribution in [0.15, 0.2) is 22.8 Å². The van der Waals surface area contributed by atoms with Gasteiger partial charge in [0.1, 0.15) is 12.3 Å². The van der Waals surface area contributed by atoms with Crippen molar-refractivity contribution >= 4 is 17.8 Å². The molecular formula is C15H21N3O4. The number of urea groups is 1. The minimum absolute atomic E-state index is 0.0373. The maximum atomic E-state index is 12.5. The lowest BCUT2D eigenvalue weighted by Gasteiger charge is -2.21. The molecule has 0 radical (unpaired) electrons. The van der Waals surface area contributed by atoms with Gasteiger partial charge in [0.15, 0.2) is 5.54 Å². The van der Waals surface area contributed by atoms with Crippen LogP contribution in [-0.4, -0.2) is 35.3 Å². The first-order chi connectivity index (χ1) is 10.3. The Morgan fingerprint density at radius 3 is 2.64 bits per heavy atom. The van der Waals surface area contributed by atoms with Crippen LogP contribution in [-0.2, 0) is 15.1 Å². The molecular weight excluding hydrogens is 286 g/mol. The van der Waals surface area contributed by atoms with Crippen LogP contribution >= 0.6 is 0 Å². The number of nitrogens with zero attached hydrogens (tertiary/aromatic N) is 1. The highest BCUT2D eigenvalue weighted by Crippen LogP contribution is 2.28. The van der Waals surface area contributed by atoms with Crippen molar-refractivity contribution in [2.24, 2.45) is 5.92 Å². The highest BCUT2D eigenvalue weighted by molar-refractivity contribution is 6.08. The Kier molecular flexibility index (Phi) is 4.25. The van der Waals surface area contributed by atoms with Gasteiger partial charge < -0.3 is 15.1 Å². The lowest BCUT2D eigenvalue weighted by Crippen LogP contribution is -2.45. The average Bonchev–Trinajstić information content (AvgIpc) is 3.03. The first kappa shape index (κ1) is 16.1. The summed E-state index contributed by atoms with van der Waals surface area (Å²) < 4.78 is 5.23. The Labute approximate surface area is 129 Å². The summed E-state index contributed by atoms with van der Waals surface area (Å²) in [7, 11) is 0. The number of hydrogen-bond acceptors (Lipinski definition) is 4. The maximum absolute atomic E-state index is 12.5. The topological polar surface area (TPSA) is 91.7 Å². The SMILES string of the molecule is CC(C)[C@H](C)NC(=O)CN1C(=O)N[C@](C)(c2ccco2)C1=O. The van der Waals surface area contributed by atoms with Gasteiger partial charge in [-0.25, -0.2) is 4.79 Å². The van der Waals surface area contributed by atoms with E-state index in [1.165, 1.54) is 6.26 Å². The summed E-state index contributed by atoms with van der Waals surface area (Å²) in [6.45, 7) is 7.08. The van der Waals surface area contributed by atoms with Gasteiger partial charge in [-0.1, -0.05) is 13.8 Å². The van der Waals surface area contributed by atoms with E-state index in [4.69, 9.17) is 4.42 Å². The highest BCUT2D eigenvalue weighted by atomic mass is 16.3. The third-order valence-electron chi connectivity index (χ3n) is 3.98. The van der Waals surface area contributed by atoms with Gasteiger partial charge in [-0.3, -0.25) is 14.5 Å². The second-order valence-corrected chi connectivity index (χ2v) is 6.02. The van der Waals surface area contributed by atoms with Crippen LogP contribution < -0.4 is 10.6 Å². The first-order valence-electron chi connectivity index (χ1n) is 7.23. The molecule has 1 saturated heterocycles. The summed E-state index contributed by atoms with van der Waals surface area (Å²) in [5, 5.41) is 5.35. The van der Waals surface area contributed by atoms with Gasteiger partial charge in [0.05, 0.1) is 6.26 Å². The van der Waals surface area contributed by atoms with Crippen molar-refractivity contribution in [2.45, 2.75) is 39.3 Å². The summed E-state index contributed by atoms with van der Waals surface area (Å²) in [6, 6.07) is 2.61. The summed E-state index contributed by atoms with van der Waals surface area (Å²) in [4.78, 5) is 37.4. The zero-order valence-corrected chi connectivity index (χ0v) is 13.2. The molecule has 0 unspecified atom stereocenters. The Balaban J connectivity index is 2.08. The van der Waals surface area contributed by atoms with Crippen LogP contribution in [0.5, 0.6) is 0 Å². The van der Waals surface area contributed by atoms with Crippen LogP contribution in [0.25, 0.3) is 0 Å². The van der Waals surface area contributed by atoms with Crippen LogP contribution in [0, 0.1) is 5.92 Å². The fourth-order valence-electron chi connectivity index (χ4n) is 2.18. The molecule has 1 aliphatic rings. The zero-order chi connectivity index (χ0) is 16.5. The summed E-state index contributed by atoms with van der Waals surface area (Å²) in [6.07, 6.45) is 1.43. The molecule has 2 heterocycles.